The number of benzene rings is 1. The fourth-order valence-corrected chi connectivity index (χ4v) is 1.97. The summed E-state index contributed by atoms with van der Waals surface area (Å²) < 4.78 is 0. The Morgan fingerprint density at radius 3 is 2.41 bits per heavy atom. The molecule has 17 heavy (non-hydrogen) atoms. The Morgan fingerprint density at radius 2 is 1.82 bits per heavy atom. The van der Waals surface area contributed by atoms with Crippen LogP contribution in [-0.2, 0) is 6.54 Å². The molecule has 0 aliphatic heterocycles. The molecule has 0 bridgehead atoms. The molecule has 0 saturated heterocycles. The van der Waals surface area contributed by atoms with E-state index in [2.05, 4.69) is 61.6 Å². The molecule has 96 valence electrons. The molecule has 0 fully saturated rings. The molecule has 1 rings (SSSR count). The van der Waals surface area contributed by atoms with Crippen molar-refractivity contribution < 1.29 is 0 Å². The van der Waals surface area contributed by atoms with Crippen LogP contribution in [-0.4, -0.2) is 31.6 Å². The lowest BCUT2D eigenvalue weighted by atomic mass is 10.1. The van der Waals surface area contributed by atoms with Crippen LogP contribution < -0.4 is 5.32 Å². The van der Waals surface area contributed by atoms with Gasteiger partial charge in [-0.15, -0.1) is 0 Å². The van der Waals surface area contributed by atoms with Crippen molar-refractivity contribution >= 4 is 0 Å². The number of hydrogen-bond donors (Lipinski definition) is 1. The van der Waals surface area contributed by atoms with Crippen LogP contribution in [0.25, 0.3) is 0 Å². The predicted molar refractivity (Wildman–Crippen MR) is 75.1 cm³/mol. The number of rotatable bonds is 8. The Balaban J connectivity index is 2.33. The van der Waals surface area contributed by atoms with Gasteiger partial charge in [-0.25, -0.2) is 0 Å². The van der Waals surface area contributed by atoms with E-state index in [9.17, 15) is 0 Å². The van der Waals surface area contributed by atoms with Gasteiger partial charge in [-0.3, -0.25) is 0 Å². The third-order valence-corrected chi connectivity index (χ3v) is 3.00. The minimum Gasteiger partial charge on any atom is -0.310 e. The van der Waals surface area contributed by atoms with Gasteiger partial charge in [0.05, 0.1) is 0 Å². The van der Waals surface area contributed by atoms with Gasteiger partial charge in [0.25, 0.3) is 0 Å². The van der Waals surface area contributed by atoms with E-state index in [0.29, 0.717) is 6.04 Å². The van der Waals surface area contributed by atoms with Crippen LogP contribution >= 0.6 is 0 Å². The third-order valence-electron chi connectivity index (χ3n) is 3.00. The summed E-state index contributed by atoms with van der Waals surface area (Å²) in [6.07, 6.45) is 3.74. The predicted octanol–water partition coefficient (Wildman–Crippen LogP) is 2.90. The zero-order valence-corrected chi connectivity index (χ0v) is 11.4. The van der Waals surface area contributed by atoms with Crippen LogP contribution in [0.3, 0.4) is 0 Å². The molecule has 0 amide bonds. The molecule has 1 aromatic carbocycles. The standard InChI is InChI=1S/C15H26N2/c1-4-8-15(11-12-17(2)3)16-13-14-9-6-5-7-10-14/h5-7,9-10,15-16H,4,8,11-13H2,1-3H3. The minimum absolute atomic E-state index is 0.641. The van der Waals surface area contributed by atoms with E-state index in [1.165, 1.54) is 24.8 Å². The van der Waals surface area contributed by atoms with E-state index < -0.39 is 0 Å². The van der Waals surface area contributed by atoms with E-state index in [-0.39, 0.29) is 0 Å². The second kappa shape index (κ2) is 8.26. The highest BCUT2D eigenvalue weighted by Crippen LogP contribution is 2.05. The lowest BCUT2D eigenvalue weighted by Crippen LogP contribution is -2.31. The topological polar surface area (TPSA) is 15.3 Å². The molecular formula is C15H26N2. The van der Waals surface area contributed by atoms with Gasteiger partial charge in [0.15, 0.2) is 0 Å². The quantitative estimate of drug-likeness (QED) is 0.744. The molecule has 1 atom stereocenters. The largest absolute Gasteiger partial charge is 0.310 e. The van der Waals surface area contributed by atoms with Gasteiger partial charge in [-0.1, -0.05) is 43.7 Å². The Labute approximate surface area is 106 Å². The van der Waals surface area contributed by atoms with Gasteiger partial charge in [-0.2, -0.15) is 0 Å². The first-order valence-electron chi connectivity index (χ1n) is 6.64. The second-order valence-corrected chi connectivity index (χ2v) is 4.94. The lowest BCUT2D eigenvalue weighted by molar-refractivity contribution is 0.346. The summed E-state index contributed by atoms with van der Waals surface area (Å²) in [6.45, 7) is 4.40. The summed E-state index contributed by atoms with van der Waals surface area (Å²) in [7, 11) is 4.28. The second-order valence-electron chi connectivity index (χ2n) is 4.94. The molecule has 0 spiro atoms. The fraction of sp³-hybridized carbons (Fsp3) is 0.600. The van der Waals surface area contributed by atoms with Crippen LogP contribution in [0, 0.1) is 0 Å². The Hall–Kier alpha value is -0.860. The minimum atomic E-state index is 0.641. The highest BCUT2D eigenvalue weighted by Gasteiger charge is 2.07. The zero-order valence-electron chi connectivity index (χ0n) is 11.4. The fourth-order valence-electron chi connectivity index (χ4n) is 1.97. The number of hydrogen-bond acceptors (Lipinski definition) is 2. The van der Waals surface area contributed by atoms with Crippen molar-refractivity contribution in [3.05, 3.63) is 35.9 Å². The summed E-state index contributed by atoms with van der Waals surface area (Å²) in [5, 5.41) is 3.67. The average Bonchev–Trinajstić information content (AvgIpc) is 2.34. The first-order valence-corrected chi connectivity index (χ1v) is 6.64. The van der Waals surface area contributed by atoms with Gasteiger partial charge < -0.3 is 10.2 Å². The van der Waals surface area contributed by atoms with Crippen LogP contribution in [0.4, 0.5) is 0 Å². The molecule has 1 unspecified atom stereocenters. The van der Waals surface area contributed by atoms with E-state index in [0.717, 1.165) is 13.1 Å². The maximum atomic E-state index is 3.67. The Bertz CT molecular complexity index is 282. The summed E-state index contributed by atoms with van der Waals surface area (Å²) in [5.74, 6) is 0. The van der Waals surface area contributed by atoms with Crippen molar-refractivity contribution in [2.75, 3.05) is 20.6 Å². The van der Waals surface area contributed by atoms with Gasteiger partial charge >= 0.3 is 0 Å². The van der Waals surface area contributed by atoms with Crippen molar-refractivity contribution in [1.82, 2.24) is 10.2 Å². The van der Waals surface area contributed by atoms with Crippen molar-refractivity contribution in [2.45, 2.75) is 38.8 Å². The molecule has 0 aliphatic rings. The van der Waals surface area contributed by atoms with Crippen molar-refractivity contribution in [2.24, 2.45) is 0 Å². The number of nitrogens with zero attached hydrogens (tertiary/aromatic N) is 1. The molecule has 1 N–H and O–H groups in total. The zero-order chi connectivity index (χ0) is 12.5. The van der Waals surface area contributed by atoms with Crippen LogP contribution in [0.2, 0.25) is 0 Å². The first kappa shape index (κ1) is 14.2. The molecule has 0 aromatic heterocycles. The van der Waals surface area contributed by atoms with Crippen molar-refractivity contribution in [1.29, 1.82) is 0 Å². The molecule has 2 heteroatoms. The summed E-state index contributed by atoms with van der Waals surface area (Å²) >= 11 is 0. The normalized spacial score (nSPS) is 12.9. The highest BCUT2D eigenvalue weighted by atomic mass is 15.1. The maximum absolute atomic E-state index is 3.67. The first-order chi connectivity index (χ1) is 8.22. The average molecular weight is 234 g/mol. The van der Waals surface area contributed by atoms with Crippen LogP contribution in [0.5, 0.6) is 0 Å². The molecule has 0 saturated carbocycles. The van der Waals surface area contributed by atoms with E-state index in [4.69, 9.17) is 0 Å². The molecular weight excluding hydrogens is 208 g/mol. The molecule has 0 aliphatic carbocycles. The van der Waals surface area contributed by atoms with Gasteiger partial charge in [0.2, 0.25) is 0 Å². The Kier molecular flexibility index (Phi) is 6.90. The van der Waals surface area contributed by atoms with E-state index in [1.807, 2.05) is 0 Å². The van der Waals surface area contributed by atoms with Crippen molar-refractivity contribution in [3.8, 4) is 0 Å². The molecule has 0 heterocycles. The van der Waals surface area contributed by atoms with Gasteiger partial charge in [0, 0.05) is 12.6 Å². The third kappa shape index (κ3) is 6.44. The maximum Gasteiger partial charge on any atom is 0.0208 e. The SMILES string of the molecule is CCCC(CCN(C)C)NCc1ccccc1. The van der Waals surface area contributed by atoms with E-state index in [1.54, 1.807) is 0 Å². The monoisotopic (exact) mass is 234 g/mol. The van der Waals surface area contributed by atoms with Gasteiger partial charge in [-0.05, 0) is 39.0 Å². The van der Waals surface area contributed by atoms with Crippen LogP contribution in [0.15, 0.2) is 30.3 Å². The summed E-state index contributed by atoms with van der Waals surface area (Å²) in [4.78, 5) is 2.26. The smallest absolute Gasteiger partial charge is 0.0208 e. The van der Waals surface area contributed by atoms with Crippen LogP contribution in [0.1, 0.15) is 31.7 Å². The lowest BCUT2D eigenvalue weighted by Gasteiger charge is -2.20. The van der Waals surface area contributed by atoms with Gasteiger partial charge in [0.1, 0.15) is 0 Å². The summed E-state index contributed by atoms with van der Waals surface area (Å²) in [6, 6.07) is 11.3. The van der Waals surface area contributed by atoms with E-state index >= 15 is 0 Å². The van der Waals surface area contributed by atoms with Crippen molar-refractivity contribution in [3.63, 3.8) is 0 Å². The summed E-state index contributed by atoms with van der Waals surface area (Å²) in [5.41, 5.74) is 1.37. The molecule has 2 nitrogen and oxygen atoms in total. The molecule has 1 aromatic rings. The number of nitrogens with one attached hydrogen (secondary N) is 1. The highest BCUT2D eigenvalue weighted by molar-refractivity contribution is 5.14. The Morgan fingerprint density at radius 1 is 1.12 bits per heavy atom. The molecule has 0 radical (unpaired) electrons.